The highest BCUT2D eigenvalue weighted by Crippen LogP contribution is 2.36. The van der Waals surface area contributed by atoms with E-state index in [9.17, 15) is 10.1 Å². The van der Waals surface area contributed by atoms with Crippen LogP contribution in [0.3, 0.4) is 0 Å². The number of anilines is 2. The molecule has 10 heteroatoms. The summed E-state index contributed by atoms with van der Waals surface area (Å²) in [5.41, 5.74) is 6.41. The maximum Gasteiger partial charge on any atom is 0.244 e. The summed E-state index contributed by atoms with van der Waals surface area (Å²) in [5, 5.41) is 20.9. The normalized spacial score (nSPS) is 16.1. The number of carbonyl (C=O) groups is 1. The quantitative estimate of drug-likeness (QED) is 0.169. The fourth-order valence-electron chi connectivity index (χ4n) is 5.60. The first kappa shape index (κ1) is 31.4. The number of aryl methyl sites for hydroxylation is 1. The molecule has 0 spiro atoms. The Morgan fingerprint density at radius 3 is 2.76 bits per heavy atom. The van der Waals surface area contributed by atoms with Crippen molar-refractivity contribution in [2.24, 2.45) is 0 Å². The molecule has 9 nitrogen and oxygen atoms in total. The molecule has 0 saturated carbocycles. The molecule has 2 fully saturated rings. The van der Waals surface area contributed by atoms with Crippen molar-refractivity contribution in [2.45, 2.75) is 45.4 Å². The predicted octanol–water partition coefficient (Wildman–Crippen LogP) is 6.48. The SMILES string of the molecule is Cc1ccccc1COc1ccc(Nc2c(C#N)cnc3cc(OC4CCOC4)c(CNC(=O)C=C4CCNCC4)cc23)cc1Cl. The first-order valence-electron chi connectivity index (χ1n) is 15.5. The number of nitrogens with zero attached hydrogens (tertiary/aromatic N) is 2. The molecule has 1 atom stereocenters. The second-order valence-electron chi connectivity index (χ2n) is 11.5. The molecule has 6 rings (SSSR count). The van der Waals surface area contributed by atoms with Gasteiger partial charge < -0.3 is 30.2 Å². The third-order valence-corrected chi connectivity index (χ3v) is 8.53. The number of benzene rings is 3. The maximum atomic E-state index is 12.9. The van der Waals surface area contributed by atoms with E-state index in [2.05, 4.69) is 27.0 Å². The zero-order valence-corrected chi connectivity index (χ0v) is 26.5. The van der Waals surface area contributed by atoms with Gasteiger partial charge in [0.2, 0.25) is 5.91 Å². The second-order valence-corrected chi connectivity index (χ2v) is 11.9. The number of nitriles is 1. The van der Waals surface area contributed by atoms with Gasteiger partial charge in [-0.05, 0) is 68.2 Å². The number of hydrogen-bond donors (Lipinski definition) is 3. The summed E-state index contributed by atoms with van der Waals surface area (Å²) >= 11 is 6.64. The van der Waals surface area contributed by atoms with Crippen molar-refractivity contribution in [2.75, 3.05) is 31.6 Å². The number of halogens is 1. The van der Waals surface area contributed by atoms with Crippen molar-refractivity contribution in [3.05, 3.63) is 99.7 Å². The molecule has 2 aliphatic heterocycles. The van der Waals surface area contributed by atoms with Crippen LogP contribution in [-0.2, 0) is 22.7 Å². The van der Waals surface area contributed by atoms with Crippen molar-refractivity contribution < 1.29 is 19.0 Å². The van der Waals surface area contributed by atoms with Gasteiger partial charge in [0.15, 0.2) is 0 Å². The van der Waals surface area contributed by atoms with Crippen molar-refractivity contribution in [3.8, 4) is 17.6 Å². The minimum Gasteiger partial charge on any atom is -0.487 e. The molecule has 236 valence electrons. The molecule has 1 amide bonds. The van der Waals surface area contributed by atoms with E-state index in [0.717, 1.165) is 54.6 Å². The van der Waals surface area contributed by atoms with Crippen molar-refractivity contribution in [1.29, 1.82) is 5.26 Å². The number of pyridine rings is 1. The van der Waals surface area contributed by atoms with Crippen LogP contribution in [0.15, 0.2) is 72.4 Å². The van der Waals surface area contributed by atoms with E-state index in [-0.39, 0.29) is 18.6 Å². The summed E-state index contributed by atoms with van der Waals surface area (Å²) < 4.78 is 17.9. The van der Waals surface area contributed by atoms with E-state index < -0.39 is 0 Å². The minimum atomic E-state index is -0.145. The van der Waals surface area contributed by atoms with Crippen LogP contribution in [0.2, 0.25) is 5.02 Å². The Balaban J connectivity index is 1.28. The molecule has 2 saturated heterocycles. The van der Waals surface area contributed by atoms with Gasteiger partial charge in [-0.2, -0.15) is 5.26 Å². The van der Waals surface area contributed by atoms with E-state index in [1.54, 1.807) is 18.3 Å². The number of amides is 1. The Morgan fingerprint density at radius 2 is 2.00 bits per heavy atom. The molecule has 3 aromatic carbocycles. The third kappa shape index (κ3) is 7.60. The van der Waals surface area contributed by atoms with Crippen molar-refractivity contribution in [3.63, 3.8) is 0 Å². The lowest BCUT2D eigenvalue weighted by Gasteiger charge is -2.19. The van der Waals surface area contributed by atoms with Gasteiger partial charge in [-0.25, -0.2) is 0 Å². The van der Waals surface area contributed by atoms with Gasteiger partial charge in [0.1, 0.15) is 30.3 Å². The molecular formula is C36H36ClN5O4. The van der Waals surface area contributed by atoms with Gasteiger partial charge in [0.05, 0.1) is 35.0 Å². The summed E-state index contributed by atoms with van der Waals surface area (Å²) in [7, 11) is 0. The Bertz CT molecular complexity index is 1800. The lowest BCUT2D eigenvalue weighted by molar-refractivity contribution is -0.116. The van der Waals surface area contributed by atoms with Gasteiger partial charge in [-0.3, -0.25) is 9.78 Å². The standard InChI is InChI=1S/C36H36ClN5O4/c1-23-4-2-3-5-25(23)21-45-33-7-6-28(16-31(33)37)42-36-27(18-38)20-40-32-17-34(46-29-10-13-44-22-29)26(15-30(32)36)19-41-35(43)14-24-8-11-39-12-9-24/h2-7,14-17,20,29,39H,8-13,19,21-22H2,1H3,(H,40,42)(H,41,43). The van der Waals surface area contributed by atoms with Crippen LogP contribution in [0.25, 0.3) is 10.9 Å². The van der Waals surface area contributed by atoms with Gasteiger partial charge >= 0.3 is 0 Å². The summed E-state index contributed by atoms with van der Waals surface area (Å²) in [4.78, 5) is 17.4. The van der Waals surface area contributed by atoms with Crippen LogP contribution in [0.4, 0.5) is 11.4 Å². The highest BCUT2D eigenvalue weighted by molar-refractivity contribution is 6.32. The Kier molecular flexibility index (Phi) is 9.99. The van der Waals surface area contributed by atoms with Crippen LogP contribution in [0.1, 0.15) is 41.5 Å². The number of carbonyl (C=O) groups excluding carboxylic acids is 1. The zero-order valence-electron chi connectivity index (χ0n) is 25.7. The minimum absolute atomic E-state index is 0.0894. The van der Waals surface area contributed by atoms with Crippen LogP contribution < -0.4 is 25.4 Å². The fraction of sp³-hybridized carbons (Fsp3) is 0.306. The van der Waals surface area contributed by atoms with Gasteiger partial charge in [0.25, 0.3) is 0 Å². The van der Waals surface area contributed by atoms with Crippen molar-refractivity contribution >= 4 is 39.8 Å². The summed E-state index contributed by atoms with van der Waals surface area (Å²) in [6, 6.07) is 19.5. The zero-order chi connectivity index (χ0) is 31.9. The largest absolute Gasteiger partial charge is 0.487 e. The Morgan fingerprint density at radius 1 is 1.15 bits per heavy atom. The van der Waals surface area contributed by atoms with E-state index in [1.165, 1.54) is 0 Å². The smallest absolute Gasteiger partial charge is 0.244 e. The van der Waals surface area contributed by atoms with E-state index >= 15 is 0 Å². The summed E-state index contributed by atoms with van der Waals surface area (Å²) in [6.07, 6.45) is 5.66. The molecule has 0 aliphatic carbocycles. The average Bonchev–Trinajstić information content (AvgIpc) is 3.58. The average molecular weight is 638 g/mol. The molecule has 3 N–H and O–H groups in total. The predicted molar refractivity (Wildman–Crippen MR) is 179 cm³/mol. The topological polar surface area (TPSA) is 118 Å². The van der Waals surface area contributed by atoms with E-state index in [1.807, 2.05) is 55.5 Å². The number of aromatic nitrogens is 1. The number of rotatable bonds is 10. The first-order chi connectivity index (χ1) is 22.5. The number of hydrogen-bond acceptors (Lipinski definition) is 8. The lowest BCUT2D eigenvalue weighted by atomic mass is 10.0. The molecule has 3 heterocycles. The molecule has 2 aliphatic rings. The molecule has 0 bridgehead atoms. The van der Waals surface area contributed by atoms with Crippen molar-refractivity contribution in [1.82, 2.24) is 15.6 Å². The number of nitrogens with one attached hydrogen (secondary N) is 3. The number of ether oxygens (including phenoxy) is 3. The molecule has 1 aromatic heterocycles. The third-order valence-electron chi connectivity index (χ3n) is 8.23. The number of piperidine rings is 1. The maximum absolute atomic E-state index is 12.9. The van der Waals surface area contributed by atoms with E-state index in [4.69, 9.17) is 25.8 Å². The monoisotopic (exact) mass is 637 g/mol. The van der Waals surface area contributed by atoms with Gasteiger partial charge in [-0.1, -0.05) is 41.4 Å². The van der Waals surface area contributed by atoms with Crippen LogP contribution in [-0.4, -0.2) is 43.3 Å². The molecule has 4 aromatic rings. The lowest BCUT2D eigenvalue weighted by Crippen LogP contribution is -2.26. The van der Waals surface area contributed by atoms with Gasteiger partial charge in [-0.15, -0.1) is 0 Å². The summed E-state index contributed by atoms with van der Waals surface area (Å²) in [6.45, 7) is 5.59. The Labute approximate surface area is 273 Å². The molecule has 46 heavy (non-hydrogen) atoms. The number of fused-ring (bicyclic) bond motifs is 1. The van der Waals surface area contributed by atoms with Crippen LogP contribution in [0.5, 0.6) is 11.5 Å². The molecule has 0 radical (unpaired) electrons. The Hall–Kier alpha value is -4.62. The van der Waals surface area contributed by atoms with E-state index in [0.29, 0.717) is 64.2 Å². The van der Waals surface area contributed by atoms with Crippen LogP contribution >= 0.6 is 11.6 Å². The molecule has 1 unspecified atom stereocenters. The molecular weight excluding hydrogens is 602 g/mol. The first-order valence-corrected chi connectivity index (χ1v) is 15.9. The summed E-state index contributed by atoms with van der Waals surface area (Å²) in [5.74, 6) is 1.04. The highest BCUT2D eigenvalue weighted by Gasteiger charge is 2.21. The second kappa shape index (κ2) is 14.6. The highest BCUT2D eigenvalue weighted by atomic mass is 35.5. The fourth-order valence-corrected chi connectivity index (χ4v) is 5.83. The van der Waals surface area contributed by atoms with Gasteiger partial charge in [0, 0.05) is 47.9 Å². The van der Waals surface area contributed by atoms with Crippen LogP contribution in [0, 0.1) is 18.3 Å².